The second kappa shape index (κ2) is 8.75. The number of hydrogen-bond acceptors (Lipinski definition) is 5. The molecule has 0 unspecified atom stereocenters. The largest absolute Gasteiger partial charge is 0.497 e. The zero-order chi connectivity index (χ0) is 16.5. The Morgan fingerprint density at radius 2 is 1.91 bits per heavy atom. The predicted octanol–water partition coefficient (Wildman–Crippen LogP) is 2.22. The summed E-state index contributed by atoms with van der Waals surface area (Å²) in [5.41, 5.74) is 1.74. The quantitative estimate of drug-likeness (QED) is 0.731. The molecule has 6 nitrogen and oxygen atoms in total. The third-order valence-electron chi connectivity index (χ3n) is 3.29. The van der Waals surface area contributed by atoms with Crippen LogP contribution in [0.3, 0.4) is 0 Å². The molecule has 0 saturated carbocycles. The zero-order valence-electron chi connectivity index (χ0n) is 13.3. The van der Waals surface area contributed by atoms with Gasteiger partial charge >= 0.3 is 0 Å². The van der Waals surface area contributed by atoms with Gasteiger partial charge in [-0.05, 0) is 29.8 Å². The summed E-state index contributed by atoms with van der Waals surface area (Å²) < 4.78 is 10.4. The lowest BCUT2D eigenvalue weighted by Crippen LogP contribution is -2.21. The second-order valence-electron chi connectivity index (χ2n) is 4.90. The van der Waals surface area contributed by atoms with E-state index < -0.39 is 0 Å². The minimum absolute atomic E-state index is 0.0845. The lowest BCUT2D eigenvalue weighted by atomic mass is 10.2. The highest BCUT2D eigenvalue weighted by molar-refractivity contribution is 5.92. The number of amides is 1. The van der Waals surface area contributed by atoms with E-state index in [9.17, 15) is 4.79 Å². The number of benzene rings is 1. The summed E-state index contributed by atoms with van der Waals surface area (Å²) >= 11 is 0. The molecule has 0 aliphatic carbocycles. The van der Waals surface area contributed by atoms with Crippen molar-refractivity contribution in [1.29, 1.82) is 0 Å². The number of nitrogens with zero attached hydrogens (tertiary/aromatic N) is 1. The third-order valence-corrected chi connectivity index (χ3v) is 3.29. The van der Waals surface area contributed by atoms with Gasteiger partial charge in [0, 0.05) is 38.0 Å². The highest BCUT2D eigenvalue weighted by Gasteiger charge is 2.08. The van der Waals surface area contributed by atoms with E-state index in [0.29, 0.717) is 36.7 Å². The molecule has 1 amide bonds. The van der Waals surface area contributed by atoms with Crippen molar-refractivity contribution >= 4 is 11.6 Å². The first-order valence-corrected chi connectivity index (χ1v) is 7.34. The van der Waals surface area contributed by atoms with Crippen LogP contribution in [0.25, 0.3) is 0 Å². The molecule has 23 heavy (non-hydrogen) atoms. The summed E-state index contributed by atoms with van der Waals surface area (Å²) in [6, 6.07) is 9.16. The van der Waals surface area contributed by atoms with E-state index in [0.717, 1.165) is 5.56 Å². The van der Waals surface area contributed by atoms with Crippen LogP contribution in [-0.2, 0) is 11.3 Å². The lowest BCUT2D eigenvalue weighted by molar-refractivity contribution is -0.116. The number of hydrogen-bond donors (Lipinski definition) is 2. The Morgan fingerprint density at radius 3 is 2.61 bits per heavy atom. The van der Waals surface area contributed by atoms with Gasteiger partial charge in [-0.1, -0.05) is 0 Å². The molecule has 122 valence electrons. The van der Waals surface area contributed by atoms with Gasteiger partial charge in [-0.3, -0.25) is 9.78 Å². The van der Waals surface area contributed by atoms with Gasteiger partial charge in [0.1, 0.15) is 11.5 Å². The summed E-state index contributed by atoms with van der Waals surface area (Å²) in [6.45, 7) is 1.29. The Hall–Kier alpha value is -2.60. The molecule has 0 bridgehead atoms. The highest BCUT2D eigenvalue weighted by atomic mass is 16.5. The number of rotatable bonds is 8. The normalized spacial score (nSPS) is 10.2. The first kappa shape index (κ1) is 16.8. The molecule has 1 heterocycles. The Kier molecular flexibility index (Phi) is 6.38. The van der Waals surface area contributed by atoms with Crippen molar-refractivity contribution in [3.05, 3.63) is 48.3 Å². The fraction of sp³-hybridized carbons (Fsp3) is 0.294. The molecule has 0 radical (unpaired) electrons. The molecule has 1 aromatic heterocycles. The molecule has 0 aliphatic heterocycles. The molecular formula is C17H21N3O3. The number of nitrogens with one attached hydrogen (secondary N) is 2. The fourth-order valence-corrected chi connectivity index (χ4v) is 2.06. The van der Waals surface area contributed by atoms with Gasteiger partial charge in [-0.15, -0.1) is 0 Å². The van der Waals surface area contributed by atoms with E-state index in [1.807, 2.05) is 12.1 Å². The van der Waals surface area contributed by atoms with Gasteiger partial charge in [0.25, 0.3) is 0 Å². The molecule has 0 spiro atoms. The first-order valence-electron chi connectivity index (χ1n) is 7.34. The SMILES string of the molecule is COc1ccc(OC)c(NC(=O)CCNCc2ccncc2)c1. The molecule has 0 saturated heterocycles. The number of carbonyl (C=O) groups excluding carboxylic acids is 1. The second-order valence-corrected chi connectivity index (χ2v) is 4.90. The maximum atomic E-state index is 12.0. The summed E-state index contributed by atoms with van der Waals surface area (Å²) in [5.74, 6) is 1.18. The number of methoxy groups -OCH3 is 2. The average molecular weight is 315 g/mol. The van der Waals surface area contributed by atoms with Crippen LogP contribution >= 0.6 is 0 Å². The Morgan fingerprint density at radius 1 is 1.13 bits per heavy atom. The van der Waals surface area contributed by atoms with Crippen LogP contribution in [0, 0.1) is 0 Å². The van der Waals surface area contributed by atoms with Crippen LogP contribution in [-0.4, -0.2) is 31.7 Å². The Bertz CT molecular complexity index is 632. The van der Waals surface area contributed by atoms with Gasteiger partial charge < -0.3 is 20.1 Å². The average Bonchev–Trinajstić information content (AvgIpc) is 2.59. The van der Waals surface area contributed by atoms with E-state index in [-0.39, 0.29) is 5.91 Å². The third kappa shape index (κ3) is 5.27. The van der Waals surface area contributed by atoms with E-state index in [1.165, 1.54) is 0 Å². The summed E-state index contributed by atoms with van der Waals surface area (Å²) in [4.78, 5) is 16.0. The summed E-state index contributed by atoms with van der Waals surface area (Å²) in [6.07, 6.45) is 3.86. The first-order chi connectivity index (χ1) is 11.2. The lowest BCUT2D eigenvalue weighted by Gasteiger charge is -2.12. The molecule has 2 N–H and O–H groups in total. The van der Waals surface area contributed by atoms with Gasteiger partial charge in [0.05, 0.1) is 19.9 Å². The van der Waals surface area contributed by atoms with Crippen LogP contribution in [0.5, 0.6) is 11.5 Å². The molecule has 6 heteroatoms. The summed E-state index contributed by atoms with van der Waals surface area (Å²) in [5, 5.41) is 6.07. The topological polar surface area (TPSA) is 72.5 Å². The van der Waals surface area contributed by atoms with Crippen molar-refractivity contribution in [1.82, 2.24) is 10.3 Å². The van der Waals surface area contributed by atoms with Crippen molar-refractivity contribution < 1.29 is 14.3 Å². The van der Waals surface area contributed by atoms with Crippen LogP contribution in [0.15, 0.2) is 42.7 Å². The van der Waals surface area contributed by atoms with Gasteiger partial charge in [-0.2, -0.15) is 0 Å². The maximum absolute atomic E-state index is 12.0. The molecule has 0 aliphatic rings. The number of ether oxygens (including phenoxy) is 2. The fourth-order valence-electron chi connectivity index (χ4n) is 2.06. The molecule has 0 fully saturated rings. The number of pyridine rings is 1. The van der Waals surface area contributed by atoms with Crippen LogP contribution in [0.2, 0.25) is 0 Å². The number of carbonyl (C=O) groups is 1. The molecule has 2 rings (SSSR count). The van der Waals surface area contributed by atoms with Crippen molar-refractivity contribution in [2.75, 3.05) is 26.1 Å². The zero-order valence-corrected chi connectivity index (χ0v) is 13.3. The van der Waals surface area contributed by atoms with Gasteiger partial charge in [-0.25, -0.2) is 0 Å². The smallest absolute Gasteiger partial charge is 0.225 e. The van der Waals surface area contributed by atoms with Crippen molar-refractivity contribution in [3.63, 3.8) is 0 Å². The Labute approximate surface area is 135 Å². The molecule has 0 atom stereocenters. The minimum Gasteiger partial charge on any atom is -0.497 e. The minimum atomic E-state index is -0.0845. The van der Waals surface area contributed by atoms with Crippen molar-refractivity contribution in [3.8, 4) is 11.5 Å². The van der Waals surface area contributed by atoms with Crippen molar-refractivity contribution in [2.24, 2.45) is 0 Å². The summed E-state index contributed by atoms with van der Waals surface area (Å²) in [7, 11) is 3.14. The van der Waals surface area contributed by atoms with Crippen LogP contribution < -0.4 is 20.1 Å². The standard InChI is InChI=1S/C17H21N3O3/c1-22-14-3-4-16(23-2)15(11-14)20-17(21)7-10-19-12-13-5-8-18-9-6-13/h3-6,8-9,11,19H,7,10,12H2,1-2H3,(H,20,21). The van der Waals surface area contributed by atoms with E-state index >= 15 is 0 Å². The number of aromatic nitrogens is 1. The monoisotopic (exact) mass is 315 g/mol. The number of anilines is 1. The van der Waals surface area contributed by atoms with Gasteiger partial charge in [0.2, 0.25) is 5.91 Å². The van der Waals surface area contributed by atoms with E-state index in [2.05, 4.69) is 15.6 Å². The highest BCUT2D eigenvalue weighted by Crippen LogP contribution is 2.28. The molecule has 1 aromatic carbocycles. The molecule has 2 aromatic rings. The van der Waals surface area contributed by atoms with Crippen LogP contribution in [0.4, 0.5) is 5.69 Å². The molecular weight excluding hydrogens is 294 g/mol. The van der Waals surface area contributed by atoms with Crippen LogP contribution in [0.1, 0.15) is 12.0 Å². The van der Waals surface area contributed by atoms with Gasteiger partial charge in [0.15, 0.2) is 0 Å². The van der Waals surface area contributed by atoms with Crippen molar-refractivity contribution in [2.45, 2.75) is 13.0 Å². The maximum Gasteiger partial charge on any atom is 0.225 e. The van der Waals surface area contributed by atoms with E-state index in [1.54, 1.807) is 44.8 Å². The predicted molar refractivity (Wildman–Crippen MR) is 88.7 cm³/mol. The Balaban J connectivity index is 1.80. The van der Waals surface area contributed by atoms with E-state index in [4.69, 9.17) is 9.47 Å².